The average Bonchev–Trinajstić information content (AvgIpc) is 2.32. The summed E-state index contributed by atoms with van der Waals surface area (Å²) in [6.07, 6.45) is 3.63. The summed E-state index contributed by atoms with van der Waals surface area (Å²) in [5.74, 6) is 0. The maximum atomic E-state index is 10.5. The van der Waals surface area contributed by atoms with Crippen LogP contribution in [0, 0.1) is 0 Å². The minimum atomic E-state index is 0.773. The smallest absolute Gasteiger partial charge is 0.211 e. The highest BCUT2D eigenvalue weighted by molar-refractivity contribution is 5.94. The first-order valence-electron chi connectivity index (χ1n) is 5.45. The topological polar surface area (TPSA) is 29.4 Å². The summed E-state index contributed by atoms with van der Waals surface area (Å²) in [4.78, 5) is 14.3. The monoisotopic (exact) mass is 211 g/mol. The molecule has 2 heteroatoms. The van der Waals surface area contributed by atoms with Gasteiger partial charge in [0.1, 0.15) is 0 Å². The number of carbonyl (C=O) groups excluding carboxylic acids is 1. The van der Waals surface area contributed by atoms with Crippen molar-refractivity contribution in [1.82, 2.24) is 0 Å². The van der Waals surface area contributed by atoms with Gasteiger partial charge >= 0.3 is 0 Å². The van der Waals surface area contributed by atoms with E-state index in [1.807, 2.05) is 30.3 Å². The Bertz CT molecular complexity index is 554. The molecule has 0 saturated heterocycles. The molecular formula is C14H13NO. The third-order valence-electron chi connectivity index (χ3n) is 2.66. The number of aliphatic imine (C=N–C) groups is 1. The highest BCUT2D eigenvalue weighted by Gasteiger charge is 2.05. The van der Waals surface area contributed by atoms with Crippen molar-refractivity contribution in [2.24, 2.45) is 4.99 Å². The lowest BCUT2D eigenvalue weighted by Gasteiger charge is -2.06. The van der Waals surface area contributed by atoms with E-state index in [9.17, 15) is 4.79 Å². The van der Waals surface area contributed by atoms with Crippen LogP contribution in [-0.4, -0.2) is 6.08 Å². The van der Waals surface area contributed by atoms with Crippen LogP contribution in [0.2, 0.25) is 0 Å². The van der Waals surface area contributed by atoms with Crippen LogP contribution < -0.4 is 0 Å². The van der Waals surface area contributed by atoms with Crippen LogP contribution in [0.15, 0.2) is 41.4 Å². The van der Waals surface area contributed by atoms with Crippen LogP contribution in [0.1, 0.15) is 18.9 Å². The molecule has 0 bridgehead atoms. The summed E-state index contributed by atoms with van der Waals surface area (Å²) in [6.45, 7) is 2.11. The third-order valence-corrected chi connectivity index (χ3v) is 2.66. The van der Waals surface area contributed by atoms with E-state index in [4.69, 9.17) is 0 Å². The molecule has 0 aromatic heterocycles. The van der Waals surface area contributed by atoms with E-state index < -0.39 is 0 Å². The van der Waals surface area contributed by atoms with E-state index in [1.54, 1.807) is 6.08 Å². The number of aryl methyl sites for hydroxylation is 1. The first kappa shape index (κ1) is 10.6. The van der Waals surface area contributed by atoms with Crippen LogP contribution in [0.3, 0.4) is 0 Å². The first-order valence-corrected chi connectivity index (χ1v) is 5.45. The highest BCUT2D eigenvalue weighted by Crippen LogP contribution is 2.30. The molecule has 0 saturated carbocycles. The Morgan fingerprint density at radius 1 is 1.19 bits per heavy atom. The van der Waals surface area contributed by atoms with E-state index >= 15 is 0 Å². The van der Waals surface area contributed by atoms with Crippen molar-refractivity contribution in [2.75, 3.05) is 0 Å². The SMILES string of the molecule is CCCc1ccc2ccccc2c1N=C=O. The zero-order chi connectivity index (χ0) is 11.4. The van der Waals surface area contributed by atoms with E-state index in [-0.39, 0.29) is 0 Å². The number of hydrogen-bond donors (Lipinski definition) is 0. The predicted octanol–water partition coefficient (Wildman–Crippen LogP) is 3.76. The Morgan fingerprint density at radius 3 is 2.75 bits per heavy atom. The van der Waals surface area contributed by atoms with Gasteiger partial charge in [0.2, 0.25) is 6.08 Å². The molecule has 0 spiro atoms. The van der Waals surface area contributed by atoms with Gasteiger partial charge < -0.3 is 0 Å². The average molecular weight is 211 g/mol. The molecule has 0 fully saturated rings. The molecule has 0 amide bonds. The standard InChI is InChI=1S/C14H13NO/c1-2-5-12-9-8-11-6-3-4-7-13(11)14(12)15-10-16/h3-4,6-9H,2,5H2,1H3. The van der Waals surface area contributed by atoms with Gasteiger partial charge in [-0.05, 0) is 17.4 Å². The second kappa shape index (κ2) is 4.73. The minimum Gasteiger partial charge on any atom is -0.211 e. The number of fused-ring (bicyclic) bond motifs is 1. The molecule has 0 atom stereocenters. The highest BCUT2D eigenvalue weighted by atomic mass is 16.1. The van der Waals surface area contributed by atoms with Crippen LogP contribution in [-0.2, 0) is 11.2 Å². The van der Waals surface area contributed by atoms with Crippen molar-refractivity contribution >= 4 is 22.5 Å². The maximum absolute atomic E-state index is 10.5. The molecular weight excluding hydrogens is 198 g/mol. The van der Waals surface area contributed by atoms with Crippen molar-refractivity contribution in [3.05, 3.63) is 42.0 Å². The van der Waals surface area contributed by atoms with Gasteiger partial charge in [-0.2, -0.15) is 4.99 Å². The first-order chi connectivity index (χ1) is 7.86. The summed E-state index contributed by atoms with van der Waals surface area (Å²) in [5.41, 5.74) is 1.89. The van der Waals surface area contributed by atoms with Gasteiger partial charge in [0, 0.05) is 5.39 Å². The van der Waals surface area contributed by atoms with Gasteiger partial charge in [0.05, 0.1) is 5.69 Å². The van der Waals surface area contributed by atoms with Crippen molar-refractivity contribution in [3.63, 3.8) is 0 Å². The molecule has 0 N–H and O–H groups in total. The molecule has 0 radical (unpaired) electrons. The van der Waals surface area contributed by atoms with E-state index in [0.29, 0.717) is 0 Å². The van der Waals surface area contributed by atoms with Crippen LogP contribution in [0.4, 0.5) is 5.69 Å². The van der Waals surface area contributed by atoms with Gasteiger partial charge in [-0.15, -0.1) is 0 Å². The Labute approximate surface area is 94.6 Å². The van der Waals surface area contributed by atoms with Gasteiger partial charge in [-0.3, -0.25) is 0 Å². The van der Waals surface area contributed by atoms with Gasteiger partial charge in [0.25, 0.3) is 0 Å². The Hall–Kier alpha value is -1.92. The predicted molar refractivity (Wildman–Crippen MR) is 65.7 cm³/mol. The largest absolute Gasteiger partial charge is 0.240 e. The molecule has 0 aliphatic heterocycles. The summed E-state index contributed by atoms with van der Waals surface area (Å²) < 4.78 is 0. The van der Waals surface area contributed by atoms with Crippen molar-refractivity contribution in [1.29, 1.82) is 0 Å². The molecule has 0 aliphatic rings. The zero-order valence-corrected chi connectivity index (χ0v) is 9.23. The molecule has 2 rings (SSSR count). The lowest BCUT2D eigenvalue weighted by molar-refractivity contribution is 0.565. The summed E-state index contributed by atoms with van der Waals surface area (Å²) >= 11 is 0. The Morgan fingerprint density at radius 2 is 2.00 bits per heavy atom. The maximum Gasteiger partial charge on any atom is 0.240 e. The molecule has 2 aromatic carbocycles. The van der Waals surface area contributed by atoms with E-state index in [2.05, 4.69) is 18.0 Å². The number of benzene rings is 2. The Kier molecular flexibility index (Phi) is 3.13. The zero-order valence-electron chi connectivity index (χ0n) is 9.23. The Balaban J connectivity index is 2.73. The summed E-state index contributed by atoms with van der Waals surface area (Å²) in [6, 6.07) is 12.1. The molecule has 0 aliphatic carbocycles. The van der Waals surface area contributed by atoms with Crippen molar-refractivity contribution in [2.45, 2.75) is 19.8 Å². The molecule has 80 valence electrons. The second-order valence-corrected chi connectivity index (χ2v) is 3.75. The molecule has 0 unspecified atom stereocenters. The molecule has 16 heavy (non-hydrogen) atoms. The number of rotatable bonds is 3. The lowest BCUT2D eigenvalue weighted by atomic mass is 10.0. The van der Waals surface area contributed by atoms with Crippen LogP contribution >= 0.6 is 0 Å². The fourth-order valence-electron chi connectivity index (χ4n) is 1.95. The molecule has 2 nitrogen and oxygen atoms in total. The molecule has 0 heterocycles. The summed E-state index contributed by atoms with van der Waals surface area (Å²) in [5, 5.41) is 2.13. The minimum absolute atomic E-state index is 0.773. The summed E-state index contributed by atoms with van der Waals surface area (Å²) in [7, 11) is 0. The van der Waals surface area contributed by atoms with E-state index in [0.717, 1.165) is 34.9 Å². The molecule has 2 aromatic rings. The fraction of sp³-hybridized carbons (Fsp3) is 0.214. The quantitative estimate of drug-likeness (QED) is 0.561. The number of isocyanates is 1. The van der Waals surface area contributed by atoms with Crippen molar-refractivity contribution in [3.8, 4) is 0 Å². The van der Waals surface area contributed by atoms with E-state index in [1.165, 1.54) is 0 Å². The third kappa shape index (κ3) is 1.88. The normalized spacial score (nSPS) is 10.1. The number of nitrogens with zero attached hydrogens (tertiary/aromatic N) is 1. The lowest BCUT2D eigenvalue weighted by Crippen LogP contribution is -1.85. The van der Waals surface area contributed by atoms with Crippen LogP contribution in [0.25, 0.3) is 10.8 Å². The number of hydrogen-bond acceptors (Lipinski definition) is 2. The van der Waals surface area contributed by atoms with Crippen LogP contribution in [0.5, 0.6) is 0 Å². The fourth-order valence-corrected chi connectivity index (χ4v) is 1.95. The van der Waals surface area contributed by atoms with Gasteiger partial charge in [-0.25, -0.2) is 4.79 Å². The van der Waals surface area contributed by atoms with Crippen molar-refractivity contribution < 1.29 is 4.79 Å². The van der Waals surface area contributed by atoms with Gasteiger partial charge in [0.15, 0.2) is 0 Å². The van der Waals surface area contributed by atoms with Gasteiger partial charge in [-0.1, -0.05) is 49.7 Å². The second-order valence-electron chi connectivity index (χ2n) is 3.75.